The first-order valence-electron chi connectivity index (χ1n) is 8.23. The summed E-state index contributed by atoms with van der Waals surface area (Å²) in [5.41, 5.74) is 0.672. The lowest BCUT2D eigenvalue weighted by atomic mass is 10.1. The first kappa shape index (κ1) is 20.1. The molecule has 2 amide bonds. The number of benzene rings is 1. The van der Waals surface area contributed by atoms with Crippen LogP contribution in [0.4, 0.5) is 14.9 Å². The number of amides is 2. The van der Waals surface area contributed by atoms with Crippen LogP contribution in [0.2, 0.25) is 0 Å². The molecule has 1 aromatic rings. The zero-order valence-electron chi connectivity index (χ0n) is 14.1. The Morgan fingerprint density at radius 2 is 2.26 bits per heavy atom. The molecule has 2 aliphatic rings. The second-order valence-electron chi connectivity index (χ2n) is 6.09. The molecule has 3 rings (SSSR count). The number of nitrogens with one attached hydrogen (secondary N) is 1. The van der Waals surface area contributed by atoms with Crippen LogP contribution in [0.5, 0.6) is 0 Å². The summed E-state index contributed by atoms with van der Waals surface area (Å²) in [6.07, 6.45) is -2.01. The highest BCUT2D eigenvalue weighted by atomic mass is 35.5. The van der Waals surface area contributed by atoms with Gasteiger partial charge in [-0.25, -0.2) is 9.18 Å². The van der Waals surface area contributed by atoms with E-state index < -0.39 is 41.4 Å². The molecule has 1 N–H and O–H groups in total. The van der Waals surface area contributed by atoms with Crippen molar-refractivity contribution in [3.05, 3.63) is 34.8 Å². The van der Waals surface area contributed by atoms with E-state index in [0.717, 1.165) is 0 Å². The Bertz CT molecular complexity index is 717. The Balaban J connectivity index is 1.67. The number of cyclic esters (lactones) is 1. The lowest BCUT2D eigenvalue weighted by Crippen LogP contribution is -2.37. The van der Waals surface area contributed by atoms with Crippen molar-refractivity contribution in [1.29, 1.82) is 0 Å². The van der Waals surface area contributed by atoms with Gasteiger partial charge in [-0.15, -0.1) is 0 Å². The van der Waals surface area contributed by atoms with E-state index in [2.05, 4.69) is 5.32 Å². The number of hydrogen-bond donors (Lipinski definition) is 1. The van der Waals surface area contributed by atoms with E-state index in [1.54, 1.807) is 12.1 Å². The zero-order chi connectivity index (χ0) is 19.6. The van der Waals surface area contributed by atoms with E-state index >= 15 is 0 Å². The third-order valence-electron chi connectivity index (χ3n) is 4.25. The van der Waals surface area contributed by atoms with Crippen molar-refractivity contribution in [1.82, 2.24) is 10.4 Å². The van der Waals surface area contributed by atoms with E-state index in [-0.39, 0.29) is 17.3 Å². The van der Waals surface area contributed by atoms with Gasteiger partial charge in [-0.1, -0.05) is 29.3 Å². The molecule has 1 unspecified atom stereocenters. The molecule has 2 fully saturated rings. The van der Waals surface area contributed by atoms with E-state index in [0.29, 0.717) is 25.3 Å². The normalized spacial score (nSPS) is 22.9. The van der Waals surface area contributed by atoms with Gasteiger partial charge in [-0.05, 0) is 12.1 Å². The smallest absolute Gasteiger partial charge is 0.414 e. The summed E-state index contributed by atoms with van der Waals surface area (Å²) in [5, 5.41) is 14.8. The number of hydrogen-bond acceptors (Lipinski definition) is 6. The molecule has 0 spiro atoms. The minimum Gasteiger partial charge on any atom is -0.756 e. The Labute approximate surface area is 164 Å². The van der Waals surface area contributed by atoms with Gasteiger partial charge in [0.15, 0.2) is 4.84 Å². The summed E-state index contributed by atoms with van der Waals surface area (Å²) in [4.78, 5) is 23.2. The third kappa shape index (κ3) is 4.61. The fourth-order valence-electron chi connectivity index (χ4n) is 2.92. The summed E-state index contributed by atoms with van der Waals surface area (Å²) < 4.78 is 25.1. The van der Waals surface area contributed by atoms with Crippen LogP contribution in [-0.2, 0) is 14.3 Å². The highest BCUT2D eigenvalue weighted by molar-refractivity contribution is 6.53. The predicted molar refractivity (Wildman–Crippen MR) is 96.2 cm³/mol. The summed E-state index contributed by atoms with van der Waals surface area (Å²) in [7, 11) is 0. The average Bonchev–Trinajstić information content (AvgIpc) is 3.01. The Hall–Kier alpha value is -1.65. The molecule has 2 atom stereocenters. The molecule has 148 valence electrons. The van der Waals surface area contributed by atoms with Gasteiger partial charge in [0.25, 0.3) is 0 Å². The minimum atomic E-state index is -1.49. The first-order chi connectivity index (χ1) is 12.9. The molecule has 0 aliphatic carbocycles. The van der Waals surface area contributed by atoms with Crippen molar-refractivity contribution in [2.45, 2.75) is 17.0 Å². The van der Waals surface area contributed by atoms with Gasteiger partial charge in [0.1, 0.15) is 11.9 Å². The monoisotopic (exact) mass is 420 g/mol. The van der Waals surface area contributed by atoms with Crippen molar-refractivity contribution < 1.29 is 23.5 Å². The molecule has 0 bridgehead atoms. The maximum atomic E-state index is 14.5. The highest BCUT2D eigenvalue weighted by Gasteiger charge is 2.34. The highest BCUT2D eigenvalue weighted by Crippen LogP contribution is 2.28. The Morgan fingerprint density at radius 1 is 1.48 bits per heavy atom. The van der Waals surface area contributed by atoms with Crippen molar-refractivity contribution in [2.75, 3.05) is 37.7 Å². The van der Waals surface area contributed by atoms with Crippen LogP contribution < -0.4 is 10.2 Å². The van der Waals surface area contributed by atoms with Crippen LogP contribution in [0, 0.1) is 11.0 Å². The molecule has 8 nitrogen and oxygen atoms in total. The van der Waals surface area contributed by atoms with E-state index in [9.17, 15) is 19.2 Å². The number of anilines is 1. The number of ether oxygens (including phenoxy) is 2. The lowest BCUT2D eigenvalue weighted by molar-refractivity contribution is -0.127. The SMILES string of the molecule is O=C(C(Cl)Cl)N([O-])C[C@@H]1CN(c2ccc(C3CNCCO3)c(F)c2)C(=O)O1. The van der Waals surface area contributed by atoms with Gasteiger partial charge >= 0.3 is 6.09 Å². The van der Waals surface area contributed by atoms with Gasteiger partial charge in [-0.3, -0.25) is 9.69 Å². The quantitative estimate of drug-likeness (QED) is 0.577. The second-order valence-corrected chi connectivity index (χ2v) is 7.18. The van der Waals surface area contributed by atoms with Crippen molar-refractivity contribution in [2.24, 2.45) is 0 Å². The topological polar surface area (TPSA) is 94.2 Å². The molecular formula is C16H17Cl2FN3O5-. The molecule has 27 heavy (non-hydrogen) atoms. The van der Waals surface area contributed by atoms with Crippen LogP contribution in [0.15, 0.2) is 18.2 Å². The standard InChI is InChI=1S/C16H17Cl2FN3O5/c17-14(18)15(23)22(25)8-10-7-21(16(24)27-10)9-1-2-11(12(19)5-9)13-6-20-3-4-26-13/h1-2,5,10,13-14,20H,3-4,6-8H2/q-1/t10-,13?/m0/s1. The van der Waals surface area contributed by atoms with Gasteiger partial charge in [-0.2, -0.15) is 0 Å². The number of hydroxylamine groups is 2. The van der Waals surface area contributed by atoms with Gasteiger partial charge in [0, 0.05) is 25.2 Å². The number of halogens is 3. The van der Waals surface area contributed by atoms with Crippen LogP contribution in [0.1, 0.15) is 11.7 Å². The number of carbonyl (C=O) groups is 2. The molecular weight excluding hydrogens is 404 g/mol. The van der Waals surface area contributed by atoms with Crippen molar-refractivity contribution in [3.63, 3.8) is 0 Å². The van der Waals surface area contributed by atoms with Crippen LogP contribution in [0.3, 0.4) is 0 Å². The molecule has 2 saturated heterocycles. The van der Waals surface area contributed by atoms with E-state index in [4.69, 9.17) is 32.7 Å². The number of rotatable bonds is 5. The van der Waals surface area contributed by atoms with E-state index in [1.165, 1.54) is 11.0 Å². The van der Waals surface area contributed by atoms with Gasteiger partial charge in [0.05, 0.1) is 24.9 Å². The zero-order valence-corrected chi connectivity index (χ0v) is 15.6. The molecule has 2 heterocycles. The Kier molecular flexibility index (Phi) is 6.38. The maximum Gasteiger partial charge on any atom is 0.414 e. The molecule has 2 aliphatic heterocycles. The molecule has 0 aromatic heterocycles. The molecule has 0 radical (unpaired) electrons. The lowest BCUT2D eigenvalue weighted by Gasteiger charge is -2.30. The summed E-state index contributed by atoms with van der Waals surface area (Å²) >= 11 is 10.7. The van der Waals surface area contributed by atoms with Gasteiger partial charge < -0.3 is 25.1 Å². The van der Waals surface area contributed by atoms with Gasteiger partial charge in [0.2, 0.25) is 5.91 Å². The van der Waals surface area contributed by atoms with Crippen LogP contribution in [0.25, 0.3) is 0 Å². The Morgan fingerprint density at radius 3 is 2.89 bits per heavy atom. The molecule has 11 heteroatoms. The number of carbonyl (C=O) groups excluding carboxylic acids is 2. The van der Waals surface area contributed by atoms with Crippen LogP contribution in [-0.4, -0.2) is 60.8 Å². The molecule has 1 aromatic carbocycles. The first-order valence-corrected chi connectivity index (χ1v) is 9.10. The summed E-state index contributed by atoms with van der Waals surface area (Å²) in [6, 6.07) is 4.34. The number of alkyl halides is 2. The third-order valence-corrected chi connectivity index (χ3v) is 4.62. The average molecular weight is 421 g/mol. The largest absolute Gasteiger partial charge is 0.756 e. The number of nitrogens with zero attached hydrogens (tertiary/aromatic N) is 2. The fraction of sp³-hybridized carbons (Fsp3) is 0.500. The second kappa shape index (κ2) is 8.57. The van der Waals surface area contributed by atoms with E-state index in [1.807, 2.05) is 0 Å². The summed E-state index contributed by atoms with van der Waals surface area (Å²) in [5.74, 6) is -1.55. The predicted octanol–water partition coefficient (Wildman–Crippen LogP) is 1.94. The van der Waals surface area contributed by atoms with Crippen molar-refractivity contribution >= 4 is 40.9 Å². The molecule has 0 saturated carbocycles. The number of morpholine rings is 1. The maximum absolute atomic E-state index is 14.5. The minimum absolute atomic E-state index is 0.0135. The van der Waals surface area contributed by atoms with Crippen LogP contribution >= 0.6 is 23.2 Å². The fourth-order valence-corrected chi connectivity index (χ4v) is 3.14. The van der Waals surface area contributed by atoms with Crippen molar-refractivity contribution in [3.8, 4) is 0 Å². The summed E-state index contributed by atoms with van der Waals surface area (Å²) in [6.45, 7) is 1.27.